The smallest absolute Gasteiger partial charge is 0.146 e. The van der Waals surface area contributed by atoms with Crippen LogP contribution in [-0.4, -0.2) is 32.8 Å². The van der Waals surface area contributed by atoms with Crippen molar-refractivity contribution in [2.24, 2.45) is 12.8 Å². The Morgan fingerprint density at radius 3 is 2.47 bits per heavy atom. The number of aryl methyl sites for hydroxylation is 1. The van der Waals surface area contributed by atoms with Gasteiger partial charge in [0.25, 0.3) is 0 Å². The van der Waals surface area contributed by atoms with Gasteiger partial charge in [0.05, 0.1) is 6.54 Å². The summed E-state index contributed by atoms with van der Waals surface area (Å²) in [6.07, 6.45) is 0. The summed E-state index contributed by atoms with van der Waals surface area (Å²) in [5.74, 6) is 1.91. The molecule has 0 saturated carbocycles. The average Bonchev–Trinajstić information content (AvgIpc) is 2.72. The van der Waals surface area contributed by atoms with Gasteiger partial charge in [0.2, 0.25) is 0 Å². The summed E-state index contributed by atoms with van der Waals surface area (Å²) in [4.78, 5) is 2.29. The molecule has 2 rings (SSSR count). The second-order valence-corrected chi connectivity index (χ2v) is 4.71. The zero-order chi connectivity index (χ0) is 13.7. The largest absolute Gasteiger partial charge is 0.329 e. The summed E-state index contributed by atoms with van der Waals surface area (Å²) in [6, 6.07) is 10.4. The van der Waals surface area contributed by atoms with E-state index in [1.54, 1.807) is 0 Å². The molecule has 1 aromatic carbocycles. The van der Waals surface area contributed by atoms with Gasteiger partial charge in [0.1, 0.15) is 11.6 Å². The van der Waals surface area contributed by atoms with E-state index in [0.717, 1.165) is 31.3 Å². The lowest BCUT2D eigenvalue weighted by Gasteiger charge is -2.21. The van der Waals surface area contributed by atoms with E-state index in [2.05, 4.69) is 39.4 Å². The minimum atomic E-state index is 0.643. The maximum Gasteiger partial charge on any atom is 0.146 e. The third kappa shape index (κ3) is 3.62. The normalized spacial score (nSPS) is 11.2. The van der Waals surface area contributed by atoms with Crippen molar-refractivity contribution in [3.8, 4) is 0 Å². The fraction of sp³-hybridized carbons (Fsp3) is 0.429. The Balaban J connectivity index is 2.06. The average molecular weight is 259 g/mol. The number of benzene rings is 1. The Labute approximate surface area is 114 Å². The van der Waals surface area contributed by atoms with Crippen LogP contribution in [0.1, 0.15) is 17.2 Å². The predicted molar refractivity (Wildman–Crippen MR) is 75.4 cm³/mol. The fourth-order valence-corrected chi connectivity index (χ4v) is 2.03. The predicted octanol–water partition coefficient (Wildman–Crippen LogP) is 1.08. The summed E-state index contributed by atoms with van der Waals surface area (Å²) in [7, 11) is 1.99. The van der Waals surface area contributed by atoms with Crippen LogP contribution in [-0.2, 0) is 20.1 Å². The van der Waals surface area contributed by atoms with Crippen molar-refractivity contribution in [3.63, 3.8) is 0 Å². The number of nitrogens with two attached hydrogens (primary N) is 1. The van der Waals surface area contributed by atoms with E-state index in [0.29, 0.717) is 6.54 Å². The molecule has 5 heteroatoms. The third-order valence-corrected chi connectivity index (χ3v) is 3.24. The molecule has 0 saturated heterocycles. The van der Waals surface area contributed by atoms with Crippen LogP contribution in [0.3, 0.4) is 0 Å². The molecule has 0 fully saturated rings. The molecule has 2 aromatic rings. The van der Waals surface area contributed by atoms with Crippen LogP contribution in [0.2, 0.25) is 0 Å². The second-order valence-electron chi connectivity index (χ2n) is 4.71. The first-order valence-electron chi connectivity index (χ1n) is 6.52. The van der Waals surface area contributed by atoms with E-state index in [4.69, 9.17) is 5.73 Å². The maximum absolute atomic E-state index is 5.70. The number of aromatic nitrogens is 3. The lowest BCUT2D eigenvalue weighted by Crippen LogP contribution is -2.29. The van der Waals surface area contributed by atoms with Crippen molar-refractivity contribution >= 4 is 0 Å². The molecule has 0 radical (unpaired) electrons. The van der Waals surface area contributed by atoms with E-state index in [-0.39, 0.29) is 0 Å². The van der Waals surface area contributed by atoms with Gasteiger partial charge in [-0.1, -0.05) is 30.3 Å². The second kappa shape index (κ2) is 6.45. The van der Waals surface area contributed by atoms with E-state index in [1.165, 1.54) is 5.56 Å². The van der Waals surface area contributed by atoms with Crippen molar-refractivity contribution in [1.29, 1.82) is 0 Å². The zero-order valence-electron chi connectivity index (χ0n) is 11.6. The molecule has 0 unspecified atom stereocenters. The van der Waals surface area contributed by atoms with Crippen LogP contribution < -0.4 is 5.73 Å². The minimum absolute atomic E-state index is 0.643. The Morgan fingerprint density at radius 1 is 1.16 bits per heavy atom. The summed E-state index contributed by atoms with van der Waals surface area (Å²) in [5.41, 5.74) is 6.98. The van der Waals surface area contributed by atoms with Crippen molar-refractivity contribution < 1.29 is 0 Å². The van der Waals surface area contributed by atoms with E-state index < -0.39 is 0 Å². The third-order valence-electron chi connectivity index (χ3n) is 3.24. The van der Waals surface area contributed by atoms with E-state index in [1.807, 2.05) is 24.6 Å². The Hall–Kier alpha value is -1.72. The molecule has 0 aliphatic carbocycles. The highest BCUT2D eigenvalue weighted by Gasteiger charge is 2.11. The quantitative estimate of drug-likeness (QED) is 0.843. The van der Waals surface area contributed by atoms with Crippen LogP contribution in [0.25, 0.3) is 0 Å². The summed E-state index contributed by atoms with van der Waals surface area (Å²) in [6.45, 7) is 5.10. The molecule has 1 aromatic heterocycles. The molecular weight excluding hydrogens is 238 g/mol. The zero-order valence-corrected chi connectivity index (χ0v) is 11.6. The van der Waals surface area contributed by atoms with Gasteiger partial charge in [-0.25, -0.2) is 0 Å². The summed E-state index contributed by atoms with van der Waals surface area (Å²) >= 11 is 0. The molecule has 0 atom stereocenters. The number of rotatable bonds is 6. The highest BCUT2D eigenvalue weighted by atomic mass is 15.3. The first-order valence-corrected chi connectivity index (χ1v) is 6.52. The number of hydrogen-bond donors (Lipinski definition) is 1. The SMILES string of the molecule is Cc1nnc(CN(CCN)Cc2ccccc2)n1C. The first kappa shape index (κ1) is 13.7. The highest BCUT2D eigenvalue weighted by molar-refractivity contribution is 5.14. The monoisotopic (exact) mass is 259 g/mol. The molecule has 1 heterocycles. The molecule has 19 heavy (non-hydrogen) atoms. The molecule has 102 valence electrons. The van der Waals surface area contributed by atoms with Gasteiger partial charge in [-0.2, -0.15) is 0 Å². The Morgan fingerprint density at radius 2 is 1.89 bits per heavy atom. The van der Waals surface area contributed by atoms with Gasteiger partial charge in [-0.3, -0.25) is 4.90 Å². The molecule has 0 aliphatic heterocycles. The van der Waals surface area contributed by atoms with E-state index >= 15 is 0 Å². The molecule has 0 amide bonds. The van der Waals surface area contributed by atoms with Crippen LogP contribution in [0.15, 0.2) is 30.3 Å². The van der Waals surface area contributed by atoms with Gasteiger partial charge >= 0.3 is 0 Å². The van der Waals surface area contributed by atoms with Gasteiger partial charge in [0.15, 0.2) is 0 Å². The highest BCUT2D eigenvalue weighted by Crippen LogP contribution is 2.08. The Kier molecular flexibility index (Phi) is 4.65. The fourth-order valence-electron chi connectivity index (χ4n) is 2.03. The molecular formula is C14H21N5. The van der Waals surface area contributed by atoms with Gasteiger partial charge in [-0.15, -0.1) is 10.2 Å². The molecule has 2 N–H and O–H groups in total. The molecule has 5 nitrogen and oxygen atoms in total. The standard InChI is InChI=1S/C14H21N5/c1-12-16-17-14(18(12)2)11-19(9-8-15)10-13-6-4-3-5-7-13/h3-7H,8-11,15H2,1-2H3. The summed E-state index contributed by atoms with van der Waals surface area (Å²) < 4.78 is 2.02. The molecule has 0 bridgehead atoms. The van der Waals surface area contributed by atoms with Gasteiger partial charge < -0.3 is 10.3 Å². The van der Waals surface area contributed by atoms with Crippen LogP contribution >= 0.6 is 0 Å². The van der Waals surface area contributed by atoms with Crippen LogP contribution in [0, 0.1) is 6.92 Å². The maximum atomic E-state index is 5.70. The Bertz CT molecular complexity index is 506. The summed E-state index contributed by atoms with van der Waals surface area (Å²) in [5, 5.41) is 8.30. The molecule has 0 spiro atoms. The van der Waals surface area contributed by atoms with Crippen molar-refractivity contribution in [2.45, 2.75) is 20.0 Å². The van der Waals surface area contributed by atoms with Crippen molar-refractivity contribution in [2.75, 3.05) is 13.1 Å². The molecule has 0 aliphatic rings. The van der Waals surface area contributed by atoms with Gasteiger partial charge in [0, 0.05) is 26.7 Å². The minimum Gasteiger partial charge on any atom is -0.329 e. The lowest BCUT2D eigenvalue weighted by atomic mass is 10.2. The first-order chi connectivity index (χ1) is 9.20. The van der Waals surface area contributed by atoms with Crippen molar-refractivity contribution in [1.82, 2.24) is 19.7 Å². The van der Waals surface area contributed by atoms with Crippen molar-refractivity contribution in [3.05, 3.63) is 47.5 Å². The van der Waals surface area contributed by atoms with Crippen LogP contribution in [0.5, 0.6) is 0 Å². The number of nitrogens with zero attached hydrogens (tertiary/aromatic N) is 4. The van der Waals surface area contributed by atoms with E-state index in [9.17, 15) is 0 Å². The number of hydrogen-bond acceptors (Lipinski definition) is 4. The van der Waals surface area contributed by atoms with Crippen LogP contribution in [0.4, 0.5) is 0 Å². The van der Waals surface area contributed by atoms with Gasteiger partial charge in [-0.05, 0) is 12.5 Å². The topological polar surface area (TPSA) is 60.0 Å². The lowest BCUT2D eigenvalue weighted by molar-refractivity contribution is 0.254.